The highest BCUT2D eigenvalue weighted by molar-refractivity contribution is 5.71. The van der Waals surface area contributed by atoms with Crippen LogP contribution >= 0.6 is 0 Å². The van der Waals surface area contributed by atoms with Crippen LogP contribution in [0.5, 0.6) is 0 Å². The van der Waals surface area contributed by atoms with Gasteiger partial charge in [0.15, 0.2) is 6.61 Å². The molecule has 0 aliphatic heterocycles. The second kappa shape index (κ2) is 10.1. The molecule has 5 heteroatoms. The van der Waals surface area contributed by atoms with Gasteiger partial charge in [0.2, 0.25) is 0 Å². The second-order valence-corrected chi connectivity index (χ2v) is 6.48. The van der Waals surface area contributed by atoms with Crippen LogP contribution in [0.15, 0.2) is 0 Å². The van der Waals surface area contributed by atoms with Crippen LogP contribution in [0.1, 0.15) is 66.2 Å². The van der Waals surface area contributed by atoms with Crippen molar-refractivity contribution in [3.05, 3.63) is 0 Å². The lowest BCUT2D eigenvalue weighted by Gasteiger charge is -2.15. The van der Waals surface area contributed by atoms with E-state index in [1.807, 2.05) is 0 Å². The first-order valence-electron chi connectivity index (χ1n) is 7.85. The molecule has 2 unspecified atom stereocenters. The quantitative estimate of drug-likeness (QED) is 0.508. The fourth-order valence-corrected chi connectivity index (χ4v) is 2.20. The number of carbonyl (C=O) groups is 1. The van der Waals surface area contributed by atoms with Gasteiger partial charge < -0.3 is 4.74 Å². The van der Waals surface area contributed by atoms with E-state index in [2.05, 4.69) is 25.5 Å². The molecule has 0 aliphatic carbocycles. The molecule has 0 radical (unpaired) electrons. The molecule has 2 nitrogen and oxygen atoms in total. The molecular formula is C16H29F3O2. The maximum atomic E-state index is 11.9. The molecule has 0 amide bonds. The molecule has 0 saturated heterocycles. The zero-order chi connectivity index (χ0) is 16.5. The predicted octanol–water partition coefficient (Wildman–Crippen LogP) is 5.36. The van der Waals surface area contributed by atoms with Gasteiger partial charge in [-0.3, -0.25) is 4.79 Å². The van der Waals surface area contributed by atoms with Gasteiger partial charge >= 0.3 is 12.1 Å². The second-order valence-electron chi connectivity index (χ2n) is 6.48. The molecule has 0 rings (SSSR count). The van der Waals surface area contributed by atoms with Crippen molar-refractivity contribution in [1.29, 1.82) is 0 Å². The first-order valence-corrected chi connectivity index (χ1v) is 7.85. The van der Waals surface area contributed by atoms with E-state index in [1.165, 1.54) is 19.3 Å². The minimum Gasteiger partial charge on any atom is -0.456 e. The minimum atomic E-state index is -4.44. The summed E-state index contributed by atoms with van der Waals surface area (Å²) in [4.78, 5) is 11.4. The number of ether oxygens (including phenoxy) is 1. The summed E-state index contributed by atoms with van der Waals surface area (Å²) in [6.45, 7) is 6.74. The molecule has 0 aromatic heterocycles. The molecule has 126 valence electrons. The Bertz CT molecular complexity index is 288. The zero-order valence-corrected chi connectivity index (χ0v) is 13.6. The molecule has 0 aliphatic rings. The average Bonchev–Trinajstić information content (AvgIpc) is 2.34. The van der Waals surface area contributed by atoms with Gasteiger partial charge in [-0.1, -0.05) is 59.8 Å². The van der Waals surface area contributed by atoms with Gasteiger partial charge in [-0.2, -0.15) is 13.2 Å². The number of carbonyl (C=O) groups excluding carboxylic acids is 1. The number of hydrogen-bond donors (Lipinski definition) is 0. The fourth-order valence-electron chi connectivity index (χ4n) is 2.20. The van der Waals surface area contributed by atoms with Crippen LogP contribution in [0, 0.1) is 17.8 Å². The summed E-state index contributed by atoms with van der Waals surface area (Å²) in [5, 5.41) is 0. The highest BCUT2D eigenvalue weighted by atomic mass is 19.4. The van der Waals surface area contributed by atoms with E-state index in [-0.39, 0.29) is 0 Å². The van der Waals surface area contributed by atoms with E-state index in [9.17, 15) is 18.0 Å². The van der Waals surface area contributed by atoms with Crippen molar-refractivity contribution in [3.8, 4) is 0 Å². The maximum absolute atomic E-state index is 11.9. The van der Waals surface area contributed by atoms with E-state index >= 15 is 0 Å². The zero-order valence-electron chi connectivity index (χ0n) is 13.6. The standard InChI is InChI=1S/C16H29F3O2/c1-12(2)7-5-8-13(3)9-6-10-14(4)15(20)21-11-16(17,18)19/h12-14H,5-11H2,1-4H3. The van der Waals surface area contributed by atoms with Gasteiger partial charge in [-0.25, -0.2) is 0 Å². The van der Waals surface area contributed by atoms with Gasteiger partial charge in [-0.05, 0) is 18.3 Å². The summed E-state index contributed by atoms with van der Waals surface area (Å²) >= 11 is 0. The van der Waals surface area contributed by atoms with Crippen LogP contribution in [-0.2, 0) is 9.53 Å². The molecule has 0 heterocycles. The largest absolute Gasteiger partial charge is 0.456 e. The van der Waals surface area contributed by atoms with Gasteiger partial charge in [0, 0.05) is 0 Å². The molecular weight excluding hydrogens is 281 g/mol. The predicted molar refractivity (Wildman–Crippen MR) is 77.9 cm³/mol. The molecule has 0 aromatic rings. The lowest BCUT2D eigenvalue weighted by Crippen LogP contribution is -2.23. The summed E-state index contributed by atoms with van der Waals surface area (Å²) in [6, 6.07) is 0. The first kappa shape index (κ1) is 20.3. The topological polar surface area (TPSA) is 26.3 Å². The monoisotopic (exact) mass is 310 g/mol. The Morgan fingerprint density at radius 2 is 1.48 bits per heavy atom. The summed E-state index contributed by atoms with van der Waals surface area (Å²) in [6.07, 6.45) is 1.61. The van der Waals surface area contributed by atoms with Crippen molar-refractivity contribution in [2.24, 2.45) is 17.8 Å². The van der Waals surface area contributed by atoms with Crippen LogP contribution in [0.2, 0.25) is 0 Å². The van der Waals surface area contributed by atoms with E-state index in [0.29, 0.717) is 12.3 Å². The third kappa shape index (κ3) is 12.7. The van der Waals surface area contributed by atoms with Gasteiger partial charge in [0.05, 0.1) is 5.92 Å². The third-order valence-corrected chi connectivity index (χ3v) is 3.59. The van der Waals surface area contributed by atoms with Crippen LogP contribution in [0.25, 0.3) is 0 Å². The van der Waals surface area contributed by atoms with E-state index < -0.39 is 24.7 Å². The number of rotatable bonds is 10. The van der Waals surface area contributed by atoms with Crippen LogP contribution in [0.3, 0.4) is 0 Å². The third-order valence-electron chi connectivity index (χ3n) is 3.59. The Hall–Kier alpha value is -0.740. The first-order chi connectivity index (χ1) is 9.61. The highest BCUT2D eigenvalue weighted by Gasteiger charge is 2.30. The average molecular weight is 310 g/mol. The smallest absolute Gasteiger partial charge is 0.422 e. The fraction of sp³-hybridized carbons (Fsp3) is 0.938. The Balaban J connectivity index is 3.72. The molecule has 0 N–H and O–H groups in total. The van der Waals surface area contributed by atoms with Gasteiger partial charge in [-0.15, -0.1) is 0 Å². The summed E-state index contributed by atoms with van der Waals surface area (Å²) in [5.74, 6) is 0.109. The van der Waals surface area contributed by atoms with Crippen LogP contribution < -0.4 is 0 Å². The molecule has 0 bridgehead atoms. The number of halogens is 3. The Morgan fingerprint density at radius 1 is 0.952 bits per heavy atom. The molecule has 0 aromatic carbocycles. The van der Waals surface area contributed by atoms with Crippen molar-refractivity contribution < 1.29 is 22.7 Å². The Morgan fingerprint density at radius 3 is 1.95 bits per heavy atom. The van der Waals surface area contributed by atoms with Gasteiger partial charge in [0.1, 0.15) is 0 Å². The Kier molecular flexibility index (Phi) is 9.71. The molecule has 0 fully saturated rings. The summed E-state index contributed by atoms with van der Waals surface area (Å²) in [7, 11) is 0. The molecule has 0 spiro atoms. The van der Waals surface area contributed by atoms with Gasteiger partial charge in [0.25, 0.3) is 0 Å². The van der Waals surface area contributed by atoms with Crippen LogP contribution in [0.4, 0.5) is 13.2 Å². The number of hydrogen-bond acceptors (Lipinski definition) is 2. The lowest BCUT2D eigenvalue weighted by molar-refractivity contribution is -0.189. The lowest BCUT2D eigenvalue weighted by atomic mass is 9.93. The van der Waals surface area contributed by atoms with Crippen molar-refractivity contribution in [2.75, 3.05) is 6.61 Å². The molecule has 2 atom stereocenters. The maximum Gasteiger partial charge on any atom is 0.422 e. The van der Waals surface area contributed by atoms with Crippen molar-refractivity contribution >= 4 is 5.97 Å². The Labute approximate surface area is 126 Å². The van der Waals surface area contributed by atoms with Crippen LogP contribution in [-0.4, -0.2) is 18.8 Å². The number of esters is 1. The number of alkyl halides is 3. The summed E-state index contributed by atoms with van der Waals surface area (Å²) in [5.41, 5.74) is 0. The molecule has 21 heavy (non-hydrogen) atoms. The minimum absolute atomic E-state index is 0.463. The van der Waals surface area contributed by atoms with Crippen molar-refractivity contribution in [2.45, 2.75) is 72.4 Å². The molecule has 0 saturated carbocycles. The van der Waals surface area contributed by atoms with Crippen molar-refractivity contribution in [3.63, 3.8) is 0 Å². The van der Waals surface area contributed by atoms with E-state index in [0.717, 1.165) is 18.8 Å². The van der Waals surface area contributed by atoms with E-state index in [1.54, 1.807) is 6.92 Å². The highest BCUT2D eigenvalue weighted by Crippen LogP contribution is 2.20. The summed E-state index contributed by atoms with van der Waals surface area (Å²) < 4.78 is 40.1. The van der Waals surface area contributed by atoms with E-state index in [4.69, 9.17) is 0 Å². The normalized spacial score (nSPS) is 15.0. The SMILES string of the molecule is CC(C)CCCC(C)CCCC(C)C(=O)OCC(F)(F)F. The van der Waals surface area contributed by atoms with Crippen molar-refractivity contribution in [1.82, 2.24) is 0 Å².